The van der Waals surface area contributed by atoms with Crippen LogP contribution in [0.25, 0.3) is 0 Å². The van der Waals surface area contributed by atoms with Gasteiger partial charge in [0.2, 0.25) is 0 Å². The molecule has 1 fully saturated rings. The molecule has 0 aromatic heterocycles. The highest BCUT2D eigenvalue weighted by Crippen LogP contribution is 2.18. The lowest BCUT2D eigenvalue weighted by molar-refractivity contribution is -0.183. The number of aliphatic hydroxyl groups excluding tert-OH is 3. The predicted octanol–water partition coefficient (Wildman–Crippen LogP) is -2.18. The molecule has 2 unspecified atom stereocenters. The van der Waals surface area contributed by atoms with E-state index in [1.807, 2.05) is 0 Å². The second-order valence-corrected chi connectivity index (χ2v) is 3.12. The molecular formula is C7H15NO4. The van der Waals surface area contributed by atoms with E-state index in [4.69, 9.17) is 15.6 Å². The molecule has 72 valence electrons. The SMILES string of the molecule is C[C@@H]1OC(CO)[C@@H](O)[C@H](O)C1N. The van der Waals surface area contributed by atoms with E-state index in [9.17, 15) is 10.2 Å². The van der Waals surface area contributed by atoms with Gasteiger partial charge < -0.3 is 25.8 Å². The highest BCUT2D eigenvalue weighted by Gasteiger charge is 2.40. The first kappa shape index (κ1) is 9.88. The molecule has 0 radical (unpaired) electrons. The summed E-state index contributed by atoms with van der Waals surface area (Å²) in [7, 11) is 0. The van der Waals surface area contributed by atoms with Gasteiger partial charge in [-0.2, -0.15) is 0 Å². The molecule has 5 N–H and O–H groups in total. The van der Waals surface area contributed by atoms with Gasteiger partial charge in [-0.15, -0.1) is 0 Å². The largest absolute Gasteiger partial charge is 0.394 e. The van der Waals surface area contributed by atoms with E-state index in [1.54, 1.807) is 6.92 Å². The molecule has 5 atom stereocenters. The van der Waals surface area contributed by atoms with Crippen LogP contribution in [0.5, 0.6) is 0 Å². The van der Waals surface area contributed by atoms with Gasteiger partial charge in [-0.05, 0) is 6.92 Å². The van der Waals surface area contributed by atoms with Crippen molar-refractivity contribution in [3.8, 4) is 0 Å². The molecule has 12 heavy (non-hydrogen) atoms. The average Bonchev–Trinajstić information content (AvgIpc) is 2.08. The summed E-state index contributed by atoms with van der Waals surface area (Å²) in [6.45, 7) is 1.39. The van der Waals surface area contributed by atoms with Gasteiger partial charge in [-0.3, -0.25) is 0 Å². The molecule has 0 spiro atoms. The molecule has 0 bridgehead atoms. The summed E-state index contributed by atoms with van der Waals surface area (Å²) in [5, 5.41) is 27.4. The molecule has 0 aliphatic carbocycles. The van der Waals surface area contributed by atoms with E-state index in [0.717, 1.165) is 0 Å². The fraction of sp³-hybridized carbons (Fsp3) is 1.00. The third kappa shape index (κ3) is 1.60. The van der Waals surface area contributed by atoms with E-state index in [-0.39, 0.29) is 12.7 Å². The van der Waals surface area contributed by atoms with Crippen LogP contribution >= 0.6 is 0 Å². The highest BCUT2D eigenvalue weighted by atomic mass is 16.5. The predicted molar refractivity (Wildman–Crippen MR) is 41.4 cm³/mol. The van der Waals surface area contributed by atoms with Crippen LogP contribution in [0.4, 0.5) is 0 Å². The van der Waals surface area contributed by atoms with Crippen molar-refractivity contribution >= 4 is 0 Å². The Morgan fingerprint density at radius 2 is 1.92 bits per heavy atom. The van der Waals surface area contributed by atoms with Crippen molar-refractivity contribution in [2.45, 2.75) is 37.4 Å². The minimum absolute atomic E-state index is 0.310. The number of hydrogen-bond acceptors (Lipinski definition) is 5. The van der Waals surface area contributed by atoms with E-state index in [2.05, 4.69) is 0 Å². The van der Waals surface area contributed by atoms with Crippen molar-refractivity contribution in [3.63, 3.8) is 0 Å². The Kier molecular flexibility index (Phi) is 3.03. The monoisotopic (exact) mass is 177 g/mol. The minimum Gasteiger partial charge on any atom is -0.394 e. The normalized spacial score (nSPS) is 49.2. The van der Waals surface area contributed by atoms with Crippen LogP contribution in [-0.4, -0.2) is 52.4 Å². The molecule has 5 heteroatoms. The topological polar surface area (TPSA) is 95.9 Å². The molecule has 1 aliphatic rings. The van der Waals surface area contributed by atoms with Crippen LogP contribution in [-0.2, 0) is 4.74 Å². The summed E-state index contributed by atoms with van der Waals surface area (Å²) in [4.78, 5) is 0. The Morgan fingerprint density at radius 1 is 1.33 bits per heavy atom. The zero-order valence-electron chi connectivity index (χ0n) is 6.92. The summed E-state index contributed by atoms with van der Waals surface area (Å²) >= 11 is 0. The lowest BCUT2D eigenvalue weighted by Crippen LogP contribution is -2.60. The Morgan fingerprint density at radius 3 is 2.42 bits per heavy atom. The van der Waals surface area contributed by atoms with Crippen LogP contribution in [0.15, 0.2) is 0 Å². The quantitative estimate of drug-likeness (QED) is 0.365. The Hall–Kier alpha value is -0.200. The first-order chi connectivity index (χ1) is 5.57. The van der Waals surface area contributed by atoms with Crippen LogP contribution in [0.2, 0.25) is 0 Å². The smallest absolute Gasteiger partial charge is 0.110 e. The van der Waals surface area contributed by atoms with Crippen molar-refractivity contribution in [2.75, 3.05) is 6.61 Å². The Labute approximate surface area is 70.8 Å². The molecule has 1 aliphatic heterocycles. The average molecular weight is 177 g/mol. The summed E-state index contributed by atoms with van der Waals surface area (Å²) in [6.07, 6.45) is -3.19. The lowest BCUT2D eigenvalue weighted by Gasteiger charge is -2.39. The molecule has 0 aromatic carbocycles. The van der Waals surface area contributed by atoms with Gasteiger partial charge in [0, 0.05) is 0 Å². The molecule has 1 saturated heterocycles. The maximum atomic E-state index is 9.35. The van der Waals surface area contributed by atoms with Crippen molar-refractivity contribution in [1.82, 2.24) is 0 Å². The first-order valence-electron chi connectivity index (χ1n) is 3.96. The fourth-order valence-corrected chi connectivity index (χ4v) is 1.32. The first-order valence-corrected chi connectivity index (χ1v) is 3.96. The Bertz CT molecular complexity index is 150. The van der Waals surface area contributed by atoms with Crippen LogP contribution in [0.3, 0.4) is 0 Å². The van der Waals surface area contributed by atoms with E-state index in [1.165, 1.54) is 0 Å². The maximum Gasteiger partial charge on any atom is 0.110 e. The fourth-order valence-electron chi connectivity index (χ4n) is 1.32. The molecule has 1 rings (SSSR count). The van der Waals surface area contributed by atoms with Crippen molar-refractivity contribution in [2.24, 2.45) is 5.73 Å². The van der Waals surface area contributed by atoms with Crippen molar-refractivity contribution in [3.05, 3.63) is 0 Å². The van der Waals surface area contributed by atoms with Gasteiger partial charge in [0.25, 0.3) is 0 Å². The van der Waals surface area contributed by atoms with E-state index >= 15 is 0 Å². The van der Waals surface area contributed by atoms with Gasteiger partial charge >= 0.3 is 0 Å². The molecule has 0 saturated carbocycles. The standard InChI is InChI=1S/C7H15NO4/c1-3-5(8)7(11)6(10)4(2-9)12-3/h3-7,9-11H,2,8H2,1H3/t3-,4?,5?,6+,7+/m0/s1. The number of rotatable bonds is 1. The van der Waals surface area contributed by atoms with Crippen molar-refractivity contribution < 1.29 is 20.1 Å². The Balaban J connectivity index is 2.63. The van der Waals surface area contributed by atoms with E-state index < -0.39 is 24.4 Å². The second-order valence-electron chi connectivity index (χ2n) is 3.12. The van der Waals surface area contributed by atoms with Gasteiger partial charge in [-0.1, -0.05) is 0 Å². The van der Waals surface area contributed by atoms with Gasteiger partial charge in [0.05, 0.1) is 18.8 Å². The van der Waals surface area contributed by atoms with Crippen molar-refractivity contribution in [1.29, 1.82) is 0 Å². The van der Waals surface area contributed by atoms with Gasteiger partial charge in [0.1, 0.15) is 18.3 Å². The summed E-state index contributed by atoms with van der Waals surface area (Å²) in [6, 6.07) is -0.595. The zero-order valence-corrected chi connectivity index (χ0v) is 6.92. The number of hydrogen-bond donors (Lipinski definition) is 4. The number of nitrogens with two attached hydrogens (primary N) is 1. The van der Waals surface area contributed by atoms with Gasteiger partial charge in [0.15, 0.2) is 0 Å². The van der Waals surface area contributed by atoms with E-state index in [0.29, 0.717) is 0 Å². The lowest BCUT2D eigenvalue weighted by atomic mass is 9.94. The van der Waals surface area contributed by atoms with Crippen LogP contribution in [0.1, 0.15) is 6.92 Å². The summed E-state index contributed by atoms with van der Waals surface area (Å²) < 4.78 is 5.15. The highest BCUT2D eigenvalue weighted by molar-refractivity contribution is 4.92. The third-order valence-corrected chi connectivity index (χ3v) is 2.24. The maximum absolute atomic E-state index is 9.35. The van der Waals surface area contributed by atoms with Gasteiger partial charge in [-0.25, -0.2) is 0 Å². The van der Waals surface area contributed by atoms with Crippen LogP contribution < -0.4 is 5.73 Å². The molecular weight excluding hydrogens is 162 g/mol. The summed E-state index contributed by atoms with van der Waals surface area (Å²) in [5.41, 5.74) is 5.51. The number of aliphatic hydroxyl groups is 3. The third-order valence-electron chi connectivity index (χ3n) is 2.24. The second kappa shape index (κ2) is 3.68. The molecule has 1 heterocycles. The molecule has 5 nitrogen and oxygen atoms in total. The summed E-state index contributed by atoms with van der Waals surface area (Å²) in [5.74, 6) is 0. The number of ether oxygens (including phenoxy) is 1. The minimum atomic E-state index is -1.10. The zero-order chi connectivity index (χ0) is 9.30. The molecule has 0 aromatic rings. The molecule has 0 amide bonds. The van der Waals surface area contributed by atoms with Crippen LogP contribution in [0, 0.1) is 0 Å².